The van der Waals surface area contributed by atoms with Crippen LogP contribution in [0.25, 0.3) is 5.53 Å². The molecule has 0 radical (unpaired) electrons. The zero-order chi connectivity index (χ0) is 9.56. The maximum absolute atomic E-state index is 10.6. The Bertz CT molecular complexity index is 266. The van der Waals surface area contributed by atoms with Crippen molar-refractivity contribution in [1.29, 1.82) is 0 Å². The van der Waals surface area contributed by atoms with Crippen molar-refractivity contribution in [3.8, 4) is 0 Å². The first kappa shape index (κ1) is 9.99. The zero-order valence-corrected chi connectivity index (χ0v) is 5.97. The lowest BCUT2D eigenvalue weighted by Gasteiger charge is -1.90. The molecule has 0 aliphatic rings. The Morgan fingerprint density at radius 3 is 2.75 bits per heavy atom. The molecule has 7 heteroatoms. The van der Waals surface area contributed by atoms with Crippen LogP contribution in [0.4, 0.5) is 0 Å². The van der Waals surface area contributed by atoms with Gasteiger partial charge in [-0.25, -0.2) is 4.79 Å². The average molecular weight is 171 g/mol. The molecule has 0 saturated heterocycles. The molecule has 64 valence electrons. The van der Waals surface area contributed by atoms with E-state index in [1.54, 1.807) is 0 Å². The average Bonchev–Trinajstić information content (AvgIpc) is 2.01. The van der Waals surface area contributed by atoms with Crippen LogP contribution in [0, 0.1) is 10.1 Å². The van der Waals surface area contributed by atoms with Crippen LogP contribution in [-0.4, -0.2) is 28.1 Å². The molecule has 0 heterocycles. The predicted molar refractivity (Wildman–Crippen MR) is 36.8 cm³/mol. The van der Waals surface area contributed by atoms with Crippen LogP contribution in [0.3, 0.4) is 0 Å². The number of carbonyl (C=O) groups excluding carboxylic acids is 1. The van der Waals surface area contributed by atoms with Crippen molar-refractivity contribution < 1.29 is 19.2 Å². The fourth-order valence-electron chi connectivity index (χ4n) is 0.351. The summed E-state index contributed by atoms with van der Waals surface area (Å²) in [5.41, 5.74) is 7.99. The molecule has 0 N–H and O–H groups in total. The summed E-state index contributed by atoms with van der Waals surface area (Å²) in [5.74, 6) is -2.56. The topological polar surface area (TPSA) is 106 Å². The second-order valence-electron chi connectivity index (χ2n) is 1.57. The van der Waals surface area contributed by atoms with Gasteiger partial charge in [-0.2, -0.15) is 0 Å². The van der Waals surface area contributed by atoms with E-state index in [0.29, 0.717) is 0 Å². The molecule has 0 aromatic carbocycles. The predicted octanol–water partition coefficient (Wildman–Crippen LogP) is -0.379. The molecule has 0 aliphatic heterocycles. The third kappa shape index (κ3) is 2.72. The number of nitrogens with zero attached hydrogens (tertiary/aromatic N) is 3. The Labute approximate surface area is 67.0 Å². The van der Waals surface area contributed by atoms with E-state index in [0.717, 1.165) is 0 Å². The lowest BCUT2D eigenvalue weighted by Crippen LogP contribution is -2.26. The first-order valence-corrected chi connectivity index (χ1v) is 2.78. The minimum Gasteiger partial charge on any atom is -0.447 e. The van der Waals surface area contributed by atoms with E-state index in [1.165, 1.54) is 6.08 Å². The van der Waals surface area contributed by atoms with Gasteiger partial charge in [-0.3, -0.25) is 10.1 Å². The molecule has 0 atom stereocenters. The largest absolute Gasteiger partial charge is 0.690 e. The Balaban J connectivity index is 4.35. The lowest BCUT2D eigenvalue weighted by molar-refractivity contribution is -0.383. The van der Waals surface area contributed by atoms with Gasteiger partial charge in [-0.05, 0) is 0 Å². The normalized spacial score (nSPS) is 8.00. The highest BCUT2D eigenvalue weighted by Gasteiger charge is 2.36. The van der Waals surface area contributed by atoms with Gasteiger partial charge in [0.15, 0.2) is 4.92 Å². The van der Waals surface area contributed by atoms with Gasteiger partial charge < -0.3 is 10.3 Å². The Kier molecular flexibility index (Phi) is 3.96. The van der Waals surface area contributed by atoms with Crippen molar-refractivity contribution in [2.75, 3.05) is 6.61 Å². The molecule has 0 aromatic rings. The van der Waals surface area contributed by atoms with Crippen molar-refractivity contribution in [2.24, 2.45) is 0 Å². The minimum atomic E-state index is -1.30. The number of nitro groups is 1. The summed E-state index contributed by atoms with van der Waals surface area (Å²) in [4.78, 5) is 21.5. The van der Waals surface area contributed by atoms with Gasteiger partial charge in [0, 0.05) is 0 Å². The first-order valence-electron chi connectivity index (χ1n) is 2.78. The van der Waals surface area contributed by atoms with E-state index in [4.69, 9.17) is 5.53 Å². The molecule has 0 amide bonds. The van der Waals surface area contributed by atoms with Crippen LogP contribution in [0.1, 0.15) is 0 Å². The van der Waals surface area contributed by atoms with Crippen molar-refractivity contribution in [2.45, 2.75) is 0 Å². The Morgan fingerprint density at radius 2 is 2.42 bits per heavy atom. The number of hydrogen-bond acceptors (Lipinski definition) is 4. The number of ether oxygens (including phenoxy) is 1. The van der Waals surface area contributed by atoms with Crippen molar-refractivity contribution in [3.05, 3.63) is 28.3 Å². The second kappa shape index (κ2) is 4.75. The van der Waals surface area contributed by atoms with E-state index >= 15 is 0 Å². The zero-order valence-electron chi connectivity index (χ0n) is 5.97. The smallest absolute Gasteiger partial charge is 0.447 e. The summed E-state index contributed by atoms with van der Waals surface area (Å²) in [6.45, 7) is 3.04. The summed E-state index contributed by atoms with van der Waals surface area (Å²) in [6.07, 6.45) is 1.23. The van der Waals surface area contributed by atoms with E-state index in [1.807, 2.05) is 0 Å². The molecule has 0 rings (SSSR count). The van der Waals surface area contributed by atoms with Crippen LogP contribution >= 0.6 is 0 Å². The van der Waals surface area contributed by atoms with Gasteiger partial charge in [0.1, 0.15) is 6.61 Å². The molecule has 0 aromatic heterocycles. The lowest BCUT2D eigenvalue weighted by atomic mass is 10.6. The number of hydrogen-bond donors (Lipinski definition) is 0. The van der Waals surface area contributed by atoms with Crippen molar-refractivity contribution in [3.63, 3.8) is 0 Å². The maximum Gasteiger partial charge on any atom is 0.690 e. The highest BCUT2D eigenvalue weighted by atomic mass is 16.6. The fraction of sp³-hybridized carbons (Fsp3) is 0.200. The molecule has 12 heavy (non-hydrogen) atoms. The van der Waals surface area contributed by atoms with E-state index < -0.39 is 16.7 Å². The van der Waals surface area contributed by atoms with Crippen LogP contribution in [0.2, 0.25) is 0 Å². The van der Waals surface area contributed by atoms with Crippen LogP contribution in [-0.2, 0) is 9.53 Å². The standard InChI is InChI=1S/C5H5N3O4/c1-2-3-12-5(9)4(7-6)8(10)11/h2H,1,3H2. The summed E-state index contributed by atoms with van der Waals surface area (Å²) < 4.78 is 4.22. The molecule has 7 nitrogen and oxygen atoms in total. The molecule has 0 fully saturated rings. The maximum atomic E-state index is 10.6. The molecular weight excluding hydrogens is 166 g/mol. The van der Waals surface area contributed by atoms with Crippen LogP contribution in [0.5, 0.6) is 0 Å². The number of esters is 1. The van der Waals surface area contributed by atoms with Crippen LogP contribution < -0.4 is 0 Å². The van der Waals surface area contributed by atoms with Gasteiger partial charge in [-0.1, -0.05) is 17.4 Å². The highest BCUT2D eigenvalue weighted by Crippen LogP contribution is 1.82. The number of carbonyl (C=O) groups is 1. The molecule has 0 bridgehead atoms. The van der Waals surface area contributed by atoms with Crippen molar-refractivity contribution in [1.82, 2.24) is 0 Å². The van der Waals surface area contributed by atoms with Gasteiger partial charge in [0.2, 0.25) is 0 Å². The highest BCUT2D eigenvalue weighted by molar-refractivity contribution is 6.28. The summed E-state index contributed by atoms with van der Waals surface area (Å²) >= 11 is 0. The quantitative estimate of drug-likeness (QED) is 0.0824. The van der Waals surface area contributed by atoms with Crippen molar-refractivity contribution >= 4 is 11.8 Å². The molecule has 0 unspecified atom stereocenters. The Morgan fingerprint density at radius 1 is 1.83 bits per heavy atom. The van der Waals surface area contributed by atoms with Crippen LogP contribution in [0.15, 0.2) is 12.7 Å². The van der Waals surface area contributed by atoms with E-state index in [2.05, 4.69) is 16.1 Å². The van der Waals surface area contributed by atoms with Gasteiger partial charge >= 0.3 is 11.8 Å². The second-order valence-corrected chi connectivity index (χ2v) is 1.57. The number of amidine groups is 1. The Hall–Kier alpha value is -2.01. The van der Waals surface area contributed by atoms with Gasteiger partial charge in [-0.15, -0.1) is 0 Å². The van der Waals surface area contributed by atoms with E-state index in [-0.39, 0.29) is 6.61 Å². The minimum absolute atomic E-state index is 0.175. The number of rotatable bonds is 2. The summed E-state index contributed by atoms with van der Waals surface area (Å²) in [7, 11) is 0. The molecular formula is C5H5N3O4. The summed E-state index contributed by atoms with van der Waals surface area (Å²) in [5, 5.41) is 9.92. The van der Waals surface area contributed by atoms with E-state index in [9.17, 15) is 14.9 Å². The monoisotopic (exact) mass is 171 g/mol. The molecule has 0 saturated carbocycles. The summed E-state index contributed by atoms with van der Waals surface area (Å²) in [6, 6.07) is 0. The molecule has 0 spiro atoms. The third-order valence-electron chi connectivity index (χ3n) is 0.783. The van der Waals surface area contributed by atoms with Gasteiger partial charge in [0.25, 0.3) is 0 Å². The first-order chi connectivity index (χ1) is 5.63. The van der Waals surface area contributed by atoms with Gasteiger partial charge in [0.05, 0.1) is 0 Å². The fourth-order valence-corrected chi connectivity index (χ4v) is 0.351. The molecule has 0 aliphatic carbocycles. The third-order valence-corrected chi connectivity index (χ3v) is 0.783. The SMILES string of the molecule is C=CCOC(=O)C(=[N+]=[N-])[N+](=O)[O-].